The second kappa shape index (κ2) is 11.9. The number of nitrogens with one attached hydrogen (secondary N) is 1. The SMILES string of the molecule is COC(=O)c1ncc(NC(=O)c2cc(/C=C/CC(=O)c3cc(C4CCC(C(C)C)CC4)cn3C)cn2C)n1C. The van der Waals surface area contributed by atoms with Crippen molar-refractivity contribution in [1.82, 2.24) is 18.7 Å². The molecule has 9 heteroatoms. The fourth-order valence-electron chi connectivity index (χ4n) is 5.51. The van der Waals surface area contributed by atoms with E-state index in [2.05, 4.69) is 36.4 Å². The van der Waals surface area contributed by atoms with E-state index in [4.69, 9.17) is 4.74 Å². The number of hydrogen-bond acceptors (Lipinski definition) is 5. The van der Waals surface area contributed by atoms with Crippen LogP contribution in [0.2, 0.25) is 0 Å². The first-order valence-corrected chi connectivity index (χ1v) is 13.5. The molecule has 3 heterocycles. The number of methoxy groups -OCH3 is 1. The first-order valence-electron chi connectivity index (χ1n) is 13.5. The third kappa shape index (κ3) is 6.24. The van der Waals surface area contributed by atoms with Gasteiger partial charge in [0.05, 0.1) is 19.0 Å². The third-order valence-corrected chi connectivity index (χ3v) is 7.97. The zero-order valence-electron chi connectivity index (χ0n) is 23.7. The first kappa shape index (κ1) is 28.1. The fraction of sp³-hybridized carbons (Fsp3) is 0.467. The number of allylic oxidation sites excluding steroid dienone is 1. The molecule has 208 valence electrons. The lowest BCUT2D eigenvalue weighted by atomic mass is 9.75. The van der Waals surface area contributed by atoms with E-state index >= 15 is 0 Å². The maximum atomic E-state index is 13.0. The van der Waals surface area contributed by atoms with E-state index in [1.807, 2.05) is 30.0 Å². The molecule has 1 fully saturated rings. The van der Waals surface area contributed by atoms with Crippen molar-refractivity contribution >= 4 is 29.6 Å². The van der Waals surface area contributed by atoms with Gasteiger partial charge in [0.15, 0.2) is 5.78 Å². The topological polar surface area (TPSA) is 100 Å². The molecule has 3 aromatic heterocycles. The monoisotopic (exact) mass is 533 g/mol. The number of amides is 1. The van der Waals surface area contributed by atoms with Gasteiger partial charge in [0.25, 0.3) is 5.91 Å². The highest BCUT2D eigenvalue weighted by Crippen LogP contribution is 2.39. The Labute approximate surface area is 229 Å². The maximum absolute atomic E-state index is 13.0. The molecule has 1 saturated carbocycles. The second-order valence-electron chi connectivity index (χ2n) is 10.9. The van der Waals surface area contributed by atoms with Gasteiger partial charge in [-0.25, -0.2) is 9.78 Å². The van der Waals surface area contributed by atoms with Crippen molar-refractivity contribution in [2.24, 2.45) is 33.0 Å². The maximum Gasteiger partial charge on any atom is 0.374 e. The molecule has 0 aromatic carbocycles. The van der Waals surface area contributed by atoms with Gasteiger partial charge in [0.2, 0.25) is 5.82 Å². The number of carbonyl (C=O) groups is 3. The number of anilines is 1. The van der Waals surface area contributed by atoms with Crippen molar-refractivity contribution in [3.63, 3.8) is 0 Å². The van der Waals surface area contributed by atoms with E-state index in [0.717, 1.165) is 23.1 Å². The summed E-state index contributed by atoms with van der Waals surface area (Å²) in [6.45, 7) is 4.63. The Bertz CT molecular complexity index is 1380. The Morgan fingerprint density at radius 3 is 2.41 bits per heavy atom. The molecule has 1 aliphatic carbocycles. The number of hydrogen-bond donors (Lipinski definition) is 1. The smallest absolute Gasteiger partial charge is 0.374 e. The first-order chi connectivity index (χ1) is 18.6. The van der Waals surface area contributed by atoms with Crippen molar-refractivity contribution in [2.45, 2.75) is 51.9 Å². The predicted molar refractivity (Wildman–Crippen MR) is 151 cm³/mol. The predicted octanol–water partition coefficient (Wildman–Crippen LogP) is 5.35. The van der Waals surface area contributed by atoms with Gasteiger partial charge >= 0.3 is 5.97 Å². The molecule has 0 aliphatic heterocycles. The second-order valence-corrected chi connectivity index (χ2v) is 10.9. The van der Waals surface area contributed by atoms with E-state index in [1.165, 1.54) is 49.1 Å². The average molecular weight is 534 g/mol. The Hall–Kier alpha value is -3.88. The molecule has 0 saturated heterocycles. The lowest BCUT2D eigenvalue weighted by Crippen LogP contribution is -2.18. The van der Waals surface area contributed by atoms with Crippen LogP contribution in [0.15, 0.2) is 36.8 Å². The van der Waals surface area contributed by atoms with Crippen molar-refractivity contribution in [1.29, 1.82) is 0 Å². The van der Waals surface area contributed by atoms with E-state index in [1.54, 1.807) is 24.7 Å². The average Bonchev–Trinajstić information content (AvgIpc) is 3.60. The number of carbonyl (C=O) groups excluding carboxylic acids is 3. The summed E-state index contributed by atoms with van der Waals surface area (Å²) >= 11 is 0. The molecule has 1 N–H and O–H groups in total. The third-order valence-electron chi connectivity index (χ3n) is 7.97. The van der Waals surface area contributed by atoms with Crippen LogP contribution in [0.3, 0.4) is 0 Å². The van der Waals surface area contributed by atoms with Crippen LogP contribution in [0.4, 0.5) is 5.82 Å². The molecule has 9 nitrogen and oxygen atoms in total. The van der Waals surface area contributed by atoms with Crippen molar-refractivity contribution in [2.75, 3.05) is 12.4 Å². The van der Waals surface area contributed by atoms with Gasteiger partial charge < -0.3 is 23.8 Å². The minimum atomic E-state index is -0.584. The highest BCUT2D eigenvalue weighted by atomic mass is 16.5. The number of aryl methyl sites for hydroxylation is 2. The lowest BCUT2D eigenvalue weighted by molar-refractivity contribution is 0.0582. The zero-order valence-corrected chi connectivity index (χ0v) is 23.7. The quantitative estimate of drug-likeness (QED) is 0.295. The molecule has 3 aromatic rings. The molecular weight excluding hydrogens is 494 g/mol. The molecular formula is C30H39N5O4. The summed E-state index contributed by atoms with van der Waals surface area (Å²) in [6.07, 6.45) is 14.2. The van der Waals surface area contributed by atoms with Crippen LogP contribution in [0, 0.1) is 11.8 Å². The van der Waals surface area contributed by atoms with Crippen LogP contribution in [-0.4, -0.2) is 43.5 Å². The Kier molecular flexibility index (Phi) is 8.57. The minimum Gasteiger partial charge on any atom is -0.463 e. The summed E-state index contributed by atoms with van der Waals surface area (Å²) in [5, 5.41) is 2.77. The van der Waals surface area contributed by atoms with Gasteiger partial charge in [0.1, 0.15) is 11.5 Å². The highest BCUT2D eigenvalue weighted by molar-refractivity contribution is 6.03. The lowest BCUT2D eigenvalue weighted by Gasteiger charge is -2.30. The van der Waals surface area contributed by atoms with Gasteiger partial charge in [-0.3, -0.25) is 9.59 Å². The molecule has 39 heavy (non-hydrogen) atoms. The van der Waals surface area contributed by atoms with Crippen LogP contribution in [0.1, 0.15) is 94.6 Å². The number of Topliss-reactive ketones (excluding diaryl/α,β-unsaturated/α-hetero) is 1. The van der Waals surface area contributed by atoms with Crippen molar-refractivity contribution in [3.05, 3.63) is 65.1 Å². The van der Waals surface area contributed by atoms with E-state index < -0.39 is 5.97 Å². The molecule has 4 rings (SSSR count). The van der Waals surface area contributed by atoms with Gasteiger partial charge in [-0.15, -0.1) is 0 Å². The van der Waals surface area contributed by atoms with Crippen molar-refractivity contribution in [3.8, 4) is 0 Å². The van der Waals surface area contributed by atoms with Gasteiger partial charge in [-0.2, -0.15) is 0 Å². The molecule has 0 bridgehead atoms. The number of aromatic nitrogens is 4. The van der Waals surface area contributed by atoms with Crippen LogP contribution in [0.5, 0.6) is 0 Å². The minimum absolute atomic E-state index is 0.0717. The van der Waals surface area contributed by atoms with Crippen LogP contribution < -0.4 is 5.32 Å². The van der Waals surface area contributed by atoms with Gasteiger partial charge in [-0.05, 0) is 66.7 Å². The van der Waals surface area contributed by atoms with Crippen LogP contribution in [-0.2, 0) is 25.9 Å². The van der Waals surface area contributed by atoms with E-state index in [-0.39, 0.29) is 23.9 Å². The standard InChI is InChI=1S/C30H39N5O4/c1-19(2)21-10-12-22(13-11-21)23-15-24(34(4)18-23)26(36)9-7-8-20-14-25(33(3)17-20)29(37)32-27-16-31-28(35(27)5)30(38)39-6/h7-8,14-19,21-22H,9-13H2,1-6H3,(H,32,37)/b8-7+. The summed E-state index contributed by atoms with van der Waals surface area (Å²) in [7, 11) is 6.62. The number of ketones is 1. The van der Waals surface area contributed by atoms with Gasteiger partial charge in [-0.1, -0.05) is 26.0 Å². The zero-order chi connectivity index (χ0) is 28.3. The number of ether oxygens (including phenoxy) is 1. The fourth-order valence-corrected chi connectivity index (χ4v) is 5.51. The van der Waals surface area contributed by atoms with Crippen molar-refractivity contribution < 1.29 is 19.1 Å². The Morgan fingerprint density at radius 1 is 1.05 bits per heavy atom. The molecule has 1 amide bonds. The molecule has 0 spiro atoms. The highest BCUT2D eigenvalue weighted by Gasteiger charge is 2.26. The summed E-state index contributed by atoms with van der Waals surface area (Å²) < 4.78 is 9.83. The summed E-state index contributed by atoms with van der Waals surface area (Å²) in [5.41, 5.74) is 3.25. The molecule has 0 unspecified atom stereocenters. The molecule has 0 atom stereocenters. The normalized spacial score (nSPS) is 17.6. The molecule has 0 radical (unpaired) electrons. The summed E-state index contributed by atoms with van der Waals surface area (Å²) in [5.74, 6) is 1.71. The number of rotatable bonds is 9. The van der Waals surface area contributed by atoms with Gasteiger partial charge in [0, 0.05) is 40.0 Å². The Morgan fingerprint density at radius 2 is 1.74 bits per heavy atom. The van der Waals surface area contributed by atoms with E-state index in [9.17, 15) is 14.4 Å². The van der Waals surface area contributed by atoms with Crippen LogP contribution >= 0.6 is 0 Å². The number of esters is 1. The number of nitrogens with zero attached hydrogens (tertiary/aromatic N) is 4. The Balaban J connectivity index is 1.36. The van der Waals surface area contributed by atoms with E-state index in [0.29, 0.717) is 17.4 Å². The van der Waals surface area contributed by atoms with Crippen LogP contribution in [0.25, 0.3) is 6.08 Å². The number of imidazole rings is 1. The largest absolute Gasteiger partial charge is 0.463 e. The summed E-state index contributed by atoms with van der Waals surface area (Å²) in [6, 6.07) is 3.83. The molecule has 1 aliphatic rings. The summed E-state index contributed by atoms with van der Waals surface area (Å²) in [4.78, 5) is 41.6.